The number of nitrogens with one attached hydrogen (secondary N) is 1. The molecule has 1 aliphatic rings. The molecule has 0 saturated carbocycles. The number of nitrogens with zero attached hydrogens (tertiary/aromatic N) is 1. The molecule has 1 saturated heterocycles. The van der Waals surface area contributed by atoms with Crippen molar-refractivity contribution in [2.45, 2.75) is 45.1 Å². The molecule has 5 nitrogen and oxygen atoms in total. The van der Waals surface area contributed by atoms with E-state index < -0.39 is 10.0 Å². The predicted molar refractivity (Wildman–Crippen MR) is 111 cm³/mol. The molecule has 2 aromatic carbocycles. The van der Waals surface area contributed by atoms with Gasteiger partial charge in [-0.3, -0.25) is 4.79 Å². The van der Waals surface area contributed by atoms with Crippen LogP contribution in [-0.2, 0) is 16.6 Å². The average molecular weight is 401 g/mol. The Bertz CT molecular complexity index is 961. The number of benzene rings is 2. The van der Waals surface area contributed by atoms with Gasteiger partial charge >= 0.3 is 0 Å². The third-order valence-electron chi connectivity index (χ3n) is 5.37. The fraction of sp³-hybridized carbons (Fsp3) is 0.409. The van der Waals surface area contributed by atoms with Crippen molar-refractivity contribution in [2.75, 3.05) is 13.1 Å². The summed E-state index contributed by atoms with van der Waals surface area (Å²) in [5.74, 6) is 0.288. The van der Waals surface area contributed by atoms with Crippen LogP contribution in [0.4, 0.5) is 0 Å². The van der Waals surface area contributed by atoms with E-state index in [1.165, 1.54) is 10.4 Å². The molecule has 0 aromatic heterocycles. The Morgan fingerprint density at radius 2 is 1.82 bits per heavy atom. The minimum atomic E-state index is -3.58. The van der Waals surface area contributed by atoms with Crippen molar-refractivity contribution in [1.82, 2.24) is 9.62 Å². The molecule has 0 spiro atoms. The number of carbonyl (C=O) groups excluding carboxylic acids is 1. The van der Waals surface area contributed by atoms with E-state index in [0.29, 0.717) is 31.1 Å². The van der Waals surface area contributed by atoms with Gasteiger partial charge in [-0.2, -0.15) is 4.31 Å². The van der Waals surface area contributed by atoms with Gasteiger partial charge in [0.25, 0.3) is 5.91 Å². The minimum absolute atomic E-state index is 0.188. The van der Waals surface area contributed by atoms with E-state index in [-0.39, 0.29) is 10.8 Å². The first-order valence-corrected chi connectivity index (χ1v) is 11.2. The van der Waals surface area contributed by atoms with E-state index >= 15 is 0 Å². The highest BCUT2D eigenvalue weighted by Gasteiger charge is 2.28. The van der Waals surface area contributed by atoms with Crippen LogP contribution < -0.4 is 5.32 Å². The van der Waals surface area contributed by atoms with Crippen molar-refractivity contribution < 1.29 is 13.2 Å². The number of piperidine rings is 1. The highest BCUT2D eigenvalue weighted by Crippen LogP contribution is 2.25. The van der Waals surface area contributed by atoms with Gasteiger partial charge < -0.3 is 5.32 Å². The molecular formula is C22H28N2O3S. The highest BCUT2D eigenvalue weighted by molar-refractivity contribution is 7.89. The second-order valence-electron chi connectivity index (χ2n) is 7.74. The summed E-state index contributed by atoms with van der Waals surface area (Å²) in [5.41, 5.74) is 3.30. The number of carbonyl (C=O) groups is 1. The van der Waals surface area contributed by atoms with Gasteiger partial charge in [-0.25, -0.2) is 8.42 Å². The fourth-order valence-corrected chi connectivity index (χ4v) is 4.98. The van der Waals surface area contributed by atoms with Crippen molar-refractivity contribution in [3.8, 4) is 0 Å². The van der Waals surface area contributed by atoms with E-state index in [0.717, 1.165) is 29.5 Å². The molecule has 28 heavy (non-hydrogen) atoms. The van der Waals surface area contributed by atoms with Gasteiger partial charge in [-0.05, 0) is 55.9 Å². The lowest BCUT2D eigenvalue weighted by atomic mass is 10.0. The van der Waals surface area contributed by atoms with Crippen LogP contribution >= 0.6 is 0 Å². The van der Waals surface area contributed by atoms with Gasteiger partial charge in [-0.1, -0.05) is 42.8 Å². The summed E-state index contributed by atoms with van der Waals surface area (Å²) in [5, 5.41) is 2.90. The van der Waals surface area contributed by atoms with Crippen LogP contribution in [0, 0.1) is 19.8 Å². The molecule has 1 heterocycles. The van der Waals surface area contributed by atoms with Crippen LogP contribution in [0.2, 0.25) is 0 Å². The van der Waals surface area contributed by atoms with Gasteiger partial charge in [0.2, 0.25) is 10.0 Å². The van der Waals surface area contributed by atoms with E-state index in [9.17, 15) is 13.2 Å². The standard InChI is InChI=1S/C22H28N2O3S/c1-16-9-11-24(12-10-16)28(26,27)20-8-7-18(3)21(14-20)22(25)23-15-19-6-4-5-17(2)13-19/h4-8,13-14,16H,9-12,15H2,1-3H3,(H,23,25). The van der Waals surface area contributed by atoms with Gasteiger partial charge in [0.05, 0.1) is 4.90 Å². The second-order valence-corrected chi connectivity index (χ2v) is 9.67. The first-order chi connectivity index (χ1) is 13.3. The third-order valence-corrected chi connectivity index (χ3v) is 7.26. The maximum atomic E-state index is 13.0. The van der Waals surface area contributed by atoms with Gasteiger partial charge in [-0.15, -0.1) is 0 Å². The Labute approximate surface area is 167 Å². The third kappa shape index (κ3) is 4.62. The summed E-state index contributed by atoms with van der Waals surface area (Å²) in [6.07, 6.45) is 1.74. The van der Waals surface area contributed by atoms with Crippen LogP contribution in [-0.4, -0.2) is 31.7 Å². The van der Waals surface area contributed by atoms with E-state index in [1.54, 1.807) is 12.1 Å². The molecule has 150 valence electrons. The first kappa shape index (κ1) is 20.6. The Morgan fingerprint density at radius 1 is 1.11 bits per heavy atom. The number of amides is 1. The summed E-state index contributed by atoms with van der Waals surface area (Å²) >= 11 is 0. The zero-order valence-electron chi connectivity index (χ0n) is 16.7. The second kappa shape index (κ2) is 8.45. The van der Waals surface area contributed by atoms with Crippen molar-refractivity contribution in [3.05, 3.63) is 64.7 Å². The van der Waals surface area contributed by atoms with Crippen molar-refractivity contribution in [2.24, 2.45) is 5.92 Å². The molecule has 1 aliphatic heterocycles. The Morgan fingerprint density at radius 3 is 2.50 bits per heavy atom. The fourth-order valence-electron chi connectivity index (χ4n) is 3.48. The Kier molecular flexibility index (Phi) is 6.20. The largest absolute Gasteiger partial charge is 0.348 e. The molecule has 3 rings (SSSR count). The van der Waals surface area contributed by atoms with Gasteiger partial charge in [0, 0.05) is 25.2 Å². The maximum Gasteiger partial charge on any atom is 0.251 e. The molecule has 2 aromatic rings. The molecular weight excluding hydrogens is 372 g/mol. The van der Waals surface area contributed by atoms with E-state index in [2.05, 4.69) is 12.2 Å². The molecule has 1 amide bonds. The number of aryl methyl sites for hydroxylation is 2. The number of hydrogen-bond acceptors (Lipinski definition) is 3. The van der Waals surface area contributed by atoms with Crippen molar-refractivity contribution in [3.63, 3.8) is 0 Å². The van der Waals surface area contributed by atoms with Gasteiger partial charge in [0.15, 0.2) is 0 Å². The Hall–Kier alpha value is -2.18. The van der Waals surface area contributed by atoms with E-state index in [4.69, 9.17) is 0 Å². The van der Waals surface area contributed by atoms with Crippen LogP contribution in [0.3, 0.4) is 0 Å². The number of sulfonamides is 1. The molecule has 0 radical (unpaired) electrons. The van der Waals surface area contributed by atoms with Crippen molar-refractivity contribution in [1.29, 1.82) is 0 Å². The summed E-state index contributed by atoms with van der Waals surface area (Å²) in [7, 11) is -3.58. The minimum Gasteiger partial charge on any atom is -0.348 e. The predicted octanol–water partition coefficient (Wildman–Crippen LogP) is 3.65. The zero-order valence-corrected chi connectivity index (χ0v) is 17.6. The summed E-state index contributed by atoms with van der Waals surface area (Å²) in [6, 6.07) is 12.7. The summed E-state index contributed by atoms with van der Waals surface area (Å²) in [6.45, 7) is 7.44. The lowest BCUT2D eigenvalue weighted by Gasteiger charge is -2.29. The molecule has 0 atom stereocenters. The van der Waals surface area contributed by atoms with Crippen molar-refractivity contribution >= 4 is 15.9 Å². The molecule has 0 aliphatic carbocycles. The quantitative estimate of drug-likeness (QED) is 0.833. The average Bonchev–Trinajstić information content (AvgIpc) is 2.67. The topological polar surface area (TPSA) is 66.5 Å². The lowest BCUT2D eigenvalue weighted by molar-refractivity contribution is 0.0950. The monoisotopic (exact) mass is 400 g/mol. The zero-order chi connectivity index (χ0) is 20.3. The van der Waals surface area contributed by atoms with Crippen LogP contribution in [0.5, 0.6) is 0 Å². The molecule has 1 fully saturated rings. The molecule has 0 bridgehead atoms. The summed E-state index contributed by atoms with van der Waals surface area (Å²) in [4.78, 5) is 12.9. The van der Waals surface area contributed by atoms with Crippen LogP contribution in [0.25, 0.3) is 0 Å². The number of hydrogen-bond donors (Lipinski definition) is 1. The highest BCUT2D eigenvalue weighted by atomic mass is 32.2. The lowest BCUT2D eigenvalue weighted by Crippen LogP contribution is -2.38. The Balaban J connectivity index is 1.78. The van der Waals surface area contributed by atoms with E-state index in [1.807, 2.05) is 38.1 Å². The maximum absolute atomic E-state index is 13.0. The molecule has 6 heteroatoms. The first-order valence-electron chi connectivity index (χ1n) is 9.72. The molecule has 1 N–H and O–H groups in total. The smallest absolute Gasteiger partial charge is 0.251 e. The van der Waals surface area contributed by atoms with Gasteiger partial charge in [0.1, 0.15) is 0 Å². The van der Waals surface area contributed by atoms with Crippen LogP contribution in [0.15, 0.2) is 47.4 Å². The summed E-state index contributed by atoms with van der Waals surface area (Å²) < 4.78 is 27.5. The normalized spacial score (nSPS) is 16.1. The molecule has 0 unspecified atom stereocenters. The number of rotatable bonds is 5. The SMILES string of the molecule is Cc1cccc(CNC(=O)c2cc(S(=O)(=O)N3CCC(C)CC3)ccc2C)c1. The van der Waals surface area contributed by atoms with Crippen LogP contribution in [0.1, 0.15) is 46.8 Å².